The third kappa shape index (κ3) is 2.92. The lowest BCUT2D eigenvalue weighted by molar-refractivity contribution is -0.263. The molecule has 3 atom stereocenters. The summed E-state index contributed by atoms with van der Waals surface area (Å²) in [6.07, 6.45) is 4.26. The highest BCUT2D eigenvalue weighted by atomic mass is 16.7. The first-order valence-corrected chi connectivity index (χ1v) is 11.9. The molecule has 0 N–H and O–H groups in total. The molecule has 1 saturated carbocycles. The van der Waals surface area contributed by atoms with E-state index in [0.717, 1.165) is 24.0 Å². The van der Waals surface area contributed by atoms with E-state index in [4.69, 9.17) is 14.2 Å². The number of hydrogen-bond donors (Lipinski definition) is 0. The normalized spacial score (nSPS) is 27.4. The third-order valence-electron chi connectivity index (χ3n) is 7.90. The van der Waals surface area contributed by atoms with Gasteiger partial charge >= 0.3 is 11.9 Å². The van der Waals surface area contributed by atoms with Crippen molar-refractivity contribution >= 4 is 23.9 Å². The summed E-state index contributed by atoms with van der Waals surface area (Å²) in [6, 6.07) is 12.9. The van der Waals surface area contributed by atoms with Crippen LogP contribution in [0.1, 0.15) is 61.3 Å². The molecule has 2 spiro atoms. The molecule has 3 fully saturated rings. The topological polar surface area (TPSA) is 94.5 Å². The largest absolute Gasteiger partial charge is 0.497 e. The van der Waals surface area contributed by atoms with Crippen molar-refractivity contribution in [1.29, 1.82) is 0 Å². The second-order valence-electron chi connectivity index (χ2n) is 9.73. The summed E-state index contributed by atoms with van der Waals surface area (Å²) < 4.78 is 17.4. The lowest BCUT2D eigenvalue weighted by atomic mass is 9.65. The maximum Gasteiger partial charge on any atom is 0.330 e. The van der Waals surface area contributed by atoms with E-state index in [0.29, 0.717) is 24.2 Å². The van der Waals surface area contributed by atoms with Crippen molar-refractivity contribution in [3.8, 4) is 5.75 Å². The molecule has 0 radical (unpaired) electrons. The molecule has 3 aliphatic heterocycles. The molecule has 0 bridgehead atoms. The summed E-state index contributed by atoms with van der Waals surface area (Å²) >= 11 is 0. The molecule has 35 heavy (non-hydrogen) atoms. The Bertz CT molecular complexity index is 1230. The maximum atomic E-state index is 14.2. The van der Waals surface area contributed by atoms with Crippen LogP contribution in [0.4, 0.5) is 0 Å². The molecule has 180 valence electrons. The van der Waals surface area contributed by atoms with Crippen LogP contribution in [0.25, 0.3) is 0 Å². The summed E-state index contributed by atoms with van der Waals surface area (Å²) in [5, 5.41) is 6.21. The van der Waals surface area contributed by atoms with E-state index in [1.807, 2.05) is 24.3 Å². The van der Waals surface area contributed by atoms with Gasteiger partial charge in [-0.05, 0) is 48.6 Å². The Hall–Kier alpha value is -3.68. The Balaban J connectivity index is 1.60. The Labute approximate surface area is 202 Å². The molecule has 0 aromatic heterocycles. The number of methoxy groups -OCH3 is 1. The fourth-order valence-electron chi connectivity index (χ4n) is 6.36. The highest BCUT2D eigenvalue weighted by Gasteiger charge is 2.75. The molecular weight excluding hydrogens is 448 g/mol. The van der Waals surface area contributed by atoms with E-state index in [2.05, 4.69) is 5.10 Å². The van der Waals surface area contributed by atoms with Gasteiger partial charge in [0.15, 0.2) is 5.78 Å². The summed E-state index contributed by atoms with van der Waals surface area (Å²) in [7, 11) is 1.56. The number of fused-ring (bicyclic) bond motifs is 4. The van der Waals surface area contributed by atoms with E-state index >= 15 is 0 Å². The van der Waals surface area contributed by atoms with E-state index < -0.39 is 41.1 Å². The molecule has 8 nitrogen and oxygen atoms in total. The minimum Gasteiger partial charge on any atom is -0.497 e. The number of ether oxygens (including phenoxy) is 3. The quantitative estimate of drug-likeness (QED) is 0.496. The van der Waals surface area contributed by atoms with Crippen LogP contribution >= 0.6 is 0 Å². The van der Waals surface area contributed by atoms with Gasteiger partial charge in [0.1, 0.15) is 17.8 Å². The minimum absolute atomic E-state index is 0.203. The summed E-state index contributed by atoms with van der Waals surface area (Å²) in [6.45, 7) is 1.46. The van der Waals surface area contributed by atoms with Gasteiger partial charge in [-0.25, -0.2) is 0 Å². The summed E-state index contributed by atoms with van der Waals surface area (Å²) in [5.74, 6) is -2.96. The van der Waals surface area contributed by atoms with Crippen molar-refractivity contribution in [2.24, 2.45) is 10.5 Å². The monoisotopic (exact) mass is 474 g/mol. The van der Waals surface area contributed by atoms with Crippen LogP contribution in [0, 0.1) is 5.41 Å². The van der Waals surface area contributed by atoms with Gasteiger partial charge in [0.25, 0.3) is 5.79 Å². The number of carbonyl (C=O) groups is 3. The predicted molar refractivity (Wildman–Crippen MR) is 125 cm³/mol. The van der Waals surface area contributed by atoms with Crippen molar-refractivity contribution in [2.45, 2.75) is 56.4 Å². The van der Waals surface area contributed by atoms with Gasteiger partial charge in [-0.3, -0.25) is 19.4 Å². The number of hydrogen-bond acceptors (Lipinski definition) is 8. The Morgan fingerprint density at radius 3 is 2.31 bits per heavy atom. The van der Waals surface area contributed by atoms with Gasteiger partial charge in [0.2, 0.25) is 5.41 Å². The number of benzene rings is 2. The summed E-state index contributed by atoms with van der Waals surface area (Å²) in [5.41, 5.74) is 0.366. The van der Waals surface area contributed by atoms with E-state index in [1.54, 1.807) is 42.6 Å². The average molecular weight is 475 g/mol. The lowest BCUT2D eigenvalue weighted by Gasteiger charge is -2.45. The number of nitrogens with zero attached hydrogens (tertiary/aromatic N) is 2. The molecule has 2 aromatic carbocycles. The Morgan fingerprint density at radius 1 is 1.03 bits per heavy atom. The van der Waals surface area contributed by atoms with E-state index in [9.17, 15) is 14.4 Å². The average Bonchev–Trinajstić information content (AvgIpc) is 3.44. The molecule has 6 rings (SSSR count). The zero-order chi connectivity index (χ0) is 24.4. The van der Waals surface area contributed by atoms with Gasteiger partial charge in [-0.15, -0.1) is 0 Å². The first-order chi connectivity index (χ1) is 16.9. The number of ketones is 1. The minimum atomic E-state index is -1.80. The summed E-state index contributed by atoms with van der Waals surface area (Å²) in [4.78, 5) is 41.5. The molecular formula is C27H26N2O6. The van der Waals surface area contributed by atoms with Crippen molar-refractivity contribution in [3.05, 3.63) is 65.2 Å². The fourth-order valence-corrected chi connectivity index (χ4v) is 6.36. The number of Topliss-reactive ketones (excluding diaryl/α,β-unsaturated/α-hetero) is 1. The van der Waals surface area contributed by atoms with Gasteiger partial charge in [0, 0.05) is 18.8 Å². The number of rotatable bonds is 3. The third-order valence-corrected chi connectivity index (χ3v) is 7.90. The molecule has 2 aromatic rings. The van der Waals surface area contributed by atoms with Crippen molar-refractivity contribution in [3.63, 3.8) is 0 Å². The van der Waals surface area contributed by atoms with Crippen LogP contribution < -0.4 is 4.74 Å². The van der Waals surface area contributed by atoms with Crippen LogP contribution in [0.5, 0.6) is 5.75 Å². The molecule has 1 aliphatic carbocycles. The van der Waals surface area contributed by atoms with Gasteiger partial charge in [0.05, 0.1) is 13.3 Å². The first-order valence-electron chi connectivity index (χ1n) is 11.9. The number of hydrazone groups is 1. The van der Waals surface area contributed by atoms with E-state index in [1.165, 1.54) is 6.92 Å². The van der Waals surface area contributed by atoms with Crippen LogP contribution in [-0.4, -0.2) is 47.9 Å². The van der Waals surface area contributed by atoms with Crippen molar-refractivity contribution in [1.82, 2.24) is 5.01 Å². The zero-order valence-electron chi connectivity index (χ0n) is 19.6. The zero-order valence-corrected chi connectivity index (χ0v) is 19.6. The number of esters is 2. The van der Waals surface area contributed by atoms with Gasteiger partial charge in [-0.1, -0.05) is 36.4 Å². The Kier molecular flexibility index (Phi) is 4.78. The highest BCUT2D eigenvalue weighted by molar-refractivity contribution is 6.07. The first kappa shape index (κ1) is 21.8. The predicted octanol–water partition coefficient (Wildman–Crippen LogP) is 3.50. The second kappa shape index (κ2) is 7.66. The standard InChI is InChI=1S/C27H26N2O6/c1-16(30)22-21(17-9-11-19(33-2)12-10-17)27(23-20-8-4-3-7-18(20)15-28-29(22)23)24(31)34-26(35-25(27)32)13-5-6-14-26/h3-4,7-12,15,21-23H,5-6,13-14H2,1-2H3/t21-,22-,23-/m1/s1. The fraction of sp³-hybridized carbons (Fsp3) is 0.407. The van der Waals surface area contributed by atoms with Gasteiger partial charge in [-0.2, -0.15) is 5.10 Å². The number of carbonyl (C=O) groups excluding carboxylic acids is 3. The SMILES string of the molecule is COc1ccc([C@@H]2[C@@H](C(C)=O)N3N=Cc4ccccc4[C@@H]3C23C(=O)OC2(CCCC2)OC3=O)cc1. The molecule has 0 unspecified atom stereocenters. The van der Waals surface area contributed by atoms with Crippen molar-refractivity contribution in [2.75, 3.05) is 7.11 Å². The van der Waals surface area contributed by atoms with Crippen LogP contribution in [0.2, 0.25) is 0 Å². The Morgan fingerprint density at radius 2 is 1.69 bits per heavy atom. The smallest absolute Gasteiger partial charge is 0.330 e. The molecule has 0 amide bonds. The molecule has 3 heterocycles. The lowest BCUT2D eigenvalue weighted by Crippen LogP contribution is -2.59. The highest BCUT2D eigenvalue weighted by Crippen LogP contribution is 2.63. The van der Waals surface area contributed by atoms with Crippen LogP contribution in [-0.2, 0) is 23.9 Å². The second-order valence-corrected chi connectivity index (χ2v) is 9.73. The molecule has 8 heteroatoms. The van der Waals surface area contributed by atoms with Crippen molar-refractivity contribution < 1.29 is 28.6 Å². The molecule has 2 saturated heterocycles. The van der Waals surface area contributed by atoms with Crippen LogP contribution in [0.15, 0.2) is 53.6 Å². The maximum absolute atomic E-state index is 14.2. The molecule has 4 aliphatic rings. The van der Waals surface area contributed by atoms with Crippen LogP contribution in [0.3, 0.4) is 0 Å². The van der Waals surface area contributed by atoms with E-state index in [-0.39, 0.29) is 5.78 Å². The van der Waals surface area contributed by atoms with Gasteiger partial charge < -0.3 is 14.2 Å².